The van der Waals surface area contributed by atoms with Crippen LogP contribution in [0.1, 0.15) is 16.5 Å². The van der Waals surface area contributed by atoms with Crippen LogP contribution in [0.2, 0.25) is 0 Å². The van der Waals surface area contributed by atoms with Gasteiger partial charge in [-0.15, -0.1) is 11.3 Å². The van der Waals surface area contributed by atoms with Crippen molar-refractivity contribution in [2.75, 3.05) is 0 Å². The van der Waals surface area contributed by atoms with Gasteiger partial charge in [-0.2, -0.15) is 0 Å². The molecule has 72 valence electrons. The van der Waals surface area contributed by atoms with E-state index in [1.165, 1.54) is 0 Å². The fourth-order valence-corrected chi connectivity index (χ4v) is 1.87. The quantitative estimate of drug-likeness (QED) is 0.833. The van der Waals surface area contributed by atoms with Crippen LogP contribution in [0.3, 0.4) is 0 Å². The Morgan fingerprint density at radius 3 is 2.71 bits per heavy atom. The standard InChI is InChI=1S/C10H10N2OS/c13-10(5-9-6-12-7-14-9)8-1-3-11-4-2-8/h1-4,6-7,10,13H,5H2. The Kier molecular flexibility index (Phi) is 2.86. The first-order valence-corrected chi connectivity index (χ1v) is 5.19. The number of aliphatic hydroxyl groups excluding tert-OH is 1. The summed E-state index contributed by atoms with van der Waals surface area (Å²) in [5.41, 5.74) is 2.67. The van der Waals surface area contributed by atoms with Gasteiger partial charge in [-0.1, -0.05) is 0 Å². The van der Waals surface area contributed by atoms with Crippen molar-refractivity contribution in [3.63, 3.8) is 0 Å². The van der Waals surface area contributed by atoms with Crippen LogP contribution in [0.5, 0.6) is 0 Å². The molecule has 0 saturated heterocycles. The highest BCUT2D eigenvalue weighted by Crippen LogP contribution is 2.19. The number of pyridine rings is 1. The molecule has 2 aromatic heterocycles. The summed E-state index contributed by atoms with van der Waals surface area (Å²) in [7, 11) is 0. The summed E-state index contributed by atoms with van der Waals surface area (Å²) in [6.07, 6.45) is 5.32. The molecule has 0 bridgehead atoms. The first-order chi connectivity index (χ1) is 6.86. The second-order valence-electron chi connectivity index (χ2n) is 2.97. The van der Waals surface area contributed by atoms with E-state index in [0.29, 0.717) is 6.42 Å². The van der Waals surface area contributed by atoms with E-state index in [2.05, 4.69) is 9.97 Å². The summed E-state index contributed by atoms with van der Waals surface area (Å²) < 4.78 is 0. The summed E-state index contributed by atoms with van der Waals surface area (Å²) in [6, 6.07) is 3.65. The van der Waals surface area contributed by atoms with Crippen molar-refractivity contribution in [3.8, 4) is 0 Å². The van der Waals surface area contributed by atoms with Crippen LogP contribution in [0.4, 0.5) is 0 Å². The molecule has 1 atom stereocenters. The summed E-state index contributed by atoms with van der Waals surface area (Å²) in [6.45, 7) is 0. The van der Waals surface area contributed by atoms with Gasteiger partial charge >= 0.3 is 0 Å². The average molecular weight is 206 g/mol. The first-order valence-electron chi connectivity index (χ1n) is 4.31. The number of nitrogens with zero attached hydrogens (tertiary/aromatic N) is 2. The van der Waals surface area contributed by atoms with E-state index in [-0.39, 0.29) is 0 Å². The molecule has 0 spiro atoms. The van der Waals surface area contributed by atoms with E-state index in [1.807, 2.05) is 12.1 Å². The van der Waals surface area contributed by atoms with Crippen molar-refractivity contribution in [1.82, 2.24) is 9.97 Å². The summed E-state index contributed by atoms with van der Waals surface area (Å²) in [5.74, 6) is 0. The first kappa shape index (κ1) is 9.30. The van der Waals surface area contributed by atoms with Crippen LogP contribution in [-0.4, -0.2) is 15.1 Å². The van der Waals surface area contributed by atoms with Crippen LogP contribution in [-0.2, 0) is 6.42 Å². The Morgan fingerprint density at radius 2 is 2.07 bits per heavy atom. The Balaban J connectivity index is 2.07. The Hall–Kier alpha value is -1.26. The van der Waals surface area contributed by atoms with Crippen molar-refractivity contribution in [2.24, 2.45) is 0 Å². The fourth-order valence-electron chi connectivity index (χ4n) is 1.24. The molecule has 0 aliphatic rings. The van der Waals surface area contributed by atoms with Crippen LogP contribution in [0, 0.1) is 0 Å². The minimum absolute atomic E-state index is 0.460. The zero-order valence-electron chi connectivity index (χ0n) is 7.50. The smallest absolute Gasteiger partial charge is 0.0839 e. The van der Waals surface area contributed by atoms with Gasteiger partial charge in [0.15, 0.2) is 0 Å². The number of hydrogen-bond acceptors (Lipinski definition) is 4. The van der Waals surface area contributed by atoms with Gasteiger partial charge in [0.05, 0.1) is 11.6 Å². The predicted molar refractivity (Wildman–Crippen MR) is 55.0 cm³/mol. The molecule has 14 heavy (non-hydrogen) atoms. The molecule has 1 N–H and O–H groups in total. The molecule has 0 aromatic carbocycles. The summed E-state index contributed by atoms with van der Waals surface area (Å²) >= 11 is 1.56. The Labute approximate surface area is 86.1 Å². The zero-order valence-corrected chi connectivity index (χ0v) is 8.31. The lowest BCUT2D eigenvalue weighted by Crippen LogP contribution is -2.00. The molecule has 3 nitrogen and oxygen atoms in total. The van der Waals surface area contributed by atoms with Crippen LogP contribution >= 0.6 is 11.3 Å². The summed E-state index contributed by atoms with van der Waals surface area (Å²) in [5, 5.41) is 9.84. The van der Waals surface area contributed by atoms with E-state index in [0.717, 1.165) is 10.4 Å². The topological polar surface area (TPSA) is 46.0 Å². The Morgan fingerprint density at radius 1 is 1.29 bits per heavy atom. The van der Waals surface area contributed by atoms with Crippen molar-refractivity contribution in [3.05, 3.63) is 46.7 Å². The number of aliphatic hydroxyl groups is 1. The fraction of sp³-hybridized carbons (Fsp3) is 0.200. The van der Waals surface area contributed by atoms with Gasteiger partial charge in [0, 0.05) is 29.9 Å². The van der Waals surface area contributed by atoms with Gasteiger partial charge in [-0.3, -0.25) is 9.97 Å². The average Bonchev–Trinajstić information content (AvgIpc) is 2.72. The third kappa shape index (κ3) is 2.16. The van der Waals surface area contributed by atoms with E-state index in [1.54, 1.807) is 35.4 Å². The molecule has 2 rings (SSSR count). The van der Waals surface area contributed by atoms with E-state index < -0.39 is 6.10 Å². The van der Waals surface area contributed by atoms with E-state index >= 15 is 0 Å². The Bertz CT molecular complexity index is 374. The second kappa shape index (κ2) is 4.30. The van der Waals surface area contributed by atoms with Crippen molar-refractivity contribution in [2.45, 2.75) is 12.5 Å². The van der Waals surface area contributed by atoms with Gasteiger partial charge < -0.3 is 5.11 Å². The molecule has 4 heteroatoms. The highest BCUT2D eigenvalue weighted by molar-refractivity contribution is 7.09. The highest BCUT2D eigenvalue weighted by Gasteiger charge is 2.08. The molecule has 0 aliphatic heterocycles. The van der Waals surface area contributed by atoms with Crippen molar-refractivity contribution >= 4 is 11.3 Å². The van der Waals surface area contributed by atoms with Gasteiger partial charge in [0.1, 0.15) is 0 Å². The lowest BCUT2D eigenvalue weighted by molar-refractivity contribution is 0.179. The highest BCUT2D eigenvalue weighted by atomic mass is 32.1. The maximum atomic E-state index is 9.84. The SMILES string of the molecule is OC(Cc1cncs1)c1ccncc1. The van der Waals surface area contributed by atoms with Crippen LogP contribution in [0.25, 0.3) is 0 Å². The van der Waals surface area contributed by atoms with E-state index in [4.69, 9.17) is 0 Å². The van der Waals surface area contributed by atoms with Crippen LogP contribution in [0.15, 0.2) is 36.2 Å². The second-order valence-corrected chi connectivity index (χ2v) is 3.94. The maximum absolute atomic E-state index is 9.84. The van der Waals surface area contributed by atoms with E-state index in [9.17, 15) is 5.11 Å². The molecule has 1 unspecified atom stereocenters. The zero-order chi connectivity index (χ0) is 9.80. The largest absolute Gasteiger partial charge is 0.388 e. The molecule has 0 radical (unpaired) electrons. The maximum Gasteiger partial charge on any atom is 0.0839 e. The molecule has 2 aromatic rings. The number of aromatic nitrogens is 2. The molecule has 0 amide bonds. The number of rotatable bonds is 3. The van der Waals surface area contributed by atoms with Crippen molar-refractivity contribution in [1.29, 1.82) is 0 Å². The van der Waals surface area contributed by atoms with Gasteiger partial charge in [0.2, 0.25) is 0 Å². The molecular weight excluding hydrogens is 196 g/mol. The van der Waals surface area contributed by atoms with Gasteiger partial charge in [0.25, 0.3) is 0 Å². The number of hydrogen-bond donors (Lipinski definition) is 1. The molecule has 2 heterocycles. The number of thiazole rings is 1. The lowest BCUT2D eigenvalue weighted by atomic mass is 10.1. The molecular formula is C10H10N2OS. The lowest BCUT2D eigenvalue weighted by Gasteiger charge is -2.08. The predicted octanol–water partition coefficient (Wildman–Crippen LogP) is 1.81. The normalized spacial score (nSPS) is 12.6. The minimum atomic E-state index is -0.460. The third-order valence-electron chi connectivity index (χ3n) is 1.97. The van der Waals surface area contributed by atoms with Crippen molar-refractivity contribution < 1.29 is 5.11 Å². The summed E-state index contributed by atoms with van der Waals surface area (Å²) in [4.78, 5) is 8.96. The monoisotopic (exact) mass is 206 g/mol. The van der Waals surface area contributed by atoms with Gasteiger partial charge in [-0.05, 0) is 17.7 Å². The third-order valence-corrected chi connectivity index (χ3v) is 2.77. The molecule has 0 fully saturated rings. The molecule has 0 saturated carbocycles. The minimum Gasteiger partial charge on any atom is -0.388 e. The van der Waals surface area contributed by atoms with Crippen LogP contribution < -0.4 is 0 Å². The molecule has 0 aliphatic carbocycles. The van der Waals surface area contributed by atoms with Gasteiger partial charge in [-0.25, -0.2) is 0 Å².